The number of carboxylic acid groups (broad SMARTS) is 1. The van der Waals surface area contributed by atoms with Crippen molar-refractivity contribution in [1.29, 1.82) is 0 Å². The lowest BCUT2D eigenvalue weighted by Gasteiger charge is -2.11. The van der Waals surface area contributed by atoms with Gasteiger partial charge in [0, 0.05) is 11.6 Å². The number of benzene rings is 1. The predicted molar refractivity (Wildman–Crippen MR) is 77.5 cm³/mol. The van der Waals surface area contributed by atoms with Gasteiger partial charge in [-0.2, -0.15) is 13.2 Å². The molecule has 0 spiro atoms. The number of hydrogen-bond donors (Lipinski definition) is 1. The maximum absolute atomic E-state index is 12.2. The minimum Gasteiger partial charge on any atom is -0.478 e. The number of halogens is 3. The van der Waals surface area contributed by atoms with Gasteiger partial charge < -0.3 is 9.84 Å². The summed E-state index contributed by atoms with van der Waals surface area (Å²) in [5.74, 6) is -1.51. The monoisotopic (exact) mass is 329 g/mol. The Labute approximate surface area is 126 Å². The van der Waals surface area contributed by atoms with Crippen molar-refractivity contribution in [3.63, 3.8) is 0 Å². The molecule has 0 amide bonds. The van der Waals surface area contributed by atoms with Crippen molar-refractivity contribution >= 4 is 20.5 Å². The van der Waals surface area contributed by atoms with Gasteiger partial charge in [-0.05, 0) is 11.4 Å². The van der Waals surface area contributed by atoms with E-state index in [1.807, 2.05) is 0 Å². The number of pyridine rings is 1. The lowest BCUT2D eigenvalue weighted by Crippen LogP contribution is -2.19. The van der Waals surface area contributed by atoms with Crippen molar-refractivity contribution in [2.45, 2.75) is 6.18 Å². The van der Waals surface area contributed by atoms with Crippen LogP contribution in [0.1, 0.15) is 10.4 Å². The first-order valence-corrected chi connectivity index (χ1v) is 6.64. The Bertz CT molecular complexity index is 687. The molecule has 22 heavy (non-hydrogen) atoms. The summed E-state index contributed by atoms with van der Waals surface area (Å²) < 4.78 is 41.1. The smallest absolute Gasteiger partial charge is 0.422 e. The Hall–Kier alpha value is -2.14. The van der Waals surface area contributed by atoms with E-state index >= 15 is 0 Å². The van der Waals surface area contributed by atoms with Gasteiger partial charge in [0.2, 0.25) is 5.88 Å². The van der Waals surface area contributed by atoms with Crippen LogP contribution in [0.3, 0.4) is 0 Å². The summed E-state index contributed by atoms with van der Waals surface area (Å²) in [4.78, 5) is 15.1. The van der Waals surface area contributed by atoms with E-state index in [4.69, 9.17) is 5.11 Å². The van der Waals surface area contributed by atoms with Gasteiger partial charge in [-0.1, -0.05) is 24.3 Å². The first-order chi connectivity index (χ1) is 10.3. The molecule has 0 aliphatic rings. The van der Waals surface area contributed by atoms with Crippen molar-refractivity contribution in [2.75, 3.05) is 6.61 Å². The van der Waals surface area contributed by atoms with E-state index in [0.717, 1.165) is 11.4 Å². The summed E-state index contributed by atoms with van der Waals surface area (Å²) in [5.41, 5.74) is 0.411. The number of aromatic nitrogens is 1. The van der Waals surface area contributed by atoms with Crippen LogP contribution in [-0.4, -0.2) is 28.8 Å². The van der Waals surface area contributed by atoms with Gasteiger partial charge in [0.05, 0.1) is 11.3 Å². The van der Waals surface area contributed by atoms with Crippen molar-refractivity contribution in [3.05, 3.63) is 42.0 Å². The third-order valence-electron chi connectivity index (χ3n) is 2.67. The molecule has 1 unspecified atom stereocenters. The van der Waals surface area contributed by atoms with E-state index in [0.29, 0.717) is 5.56 Å². The van der Waals surface area contributed by atoms with E-state index in [1.165, 1.54) is 6.07 Å². The molecule has 0 saturated heterocycles. The summed E-state index contributed by atoms with van der Waals surface area (Å²) in [5, 5.41) is 10.0. The number of hydrogen-bond acceptors (Lipinski definition) is 3. The molecule has 2 rings (SSSR count). The topological polar surface area (TPSA) is 59.4 Å². The maximum atomic E-state index is 12.2. The summed E-state index contributed by atoms with van der Waals surface area (Å²) in [6, 6.07) is 8.97. The van der Waals surface area contributed by atoms with Crippen molar-refractivity contribution < 1.29 is 27.8 Å². The van der Waals surface area contributed by atoms with Gasteiger partial charge in [0.1, 0.15) is 0 Å². The molecule has 0 fully saturated rings. The Morgan fingerprint density at radius 2 is 1.82 bits per heavy atom. The predicted octanol–water partition coefficient (Wildman–Crippen LogP) is 2.89. The minimum absolute atomic E-state index is 0.0529. The highest BCUT2D eigenvalue weighted by Crippen LogP contribution is 2.25. The second-order valence-electron chi connectivity index (χ2n) is 4.38. The van der Waals surface area contributed by atoms with Crippen LogP contribution in [0, 0.1) is 0 Å². The Balaban J connectivity index is 2.40. The number of nitrogens with zero attached hydrogens (tertiary/aromatic N) is 1. The van der Waals surface area contributed by atoms with Crippen molar-refractivity contribution in [3.8, 4) is 17.1 Å². The number of ether oxygens (including phenoxy) is 1. The molecule has 116 valence electrons. The number of carbonyl (C=O) groups is 1. The van der Waals surface area contributed by atoms with Crippen molar-refractivity contribution in [1.82, 2.24) is 4.98 Å². The molecule has 0 radical (unpaired) electrons. The van der Waals surface area contributed by atoms with Gasteiger partial charge in [-0.15, -0.1) is 9.24 Å². The van der Waals surface area contributed by atoms with Gasteiger partial charge >= 0.3 is 12.1 Å². The van der Waals surface area contributed by atoms with Crippen LogP contribution >= 0.6 is 9.24 Å². The van der Waals surface area contributed by atoms with E-state index in [2.05, 4.69) is 19.0 Å². The molecular weight excluding hydrogens is 318 g/mol. The molecule has 1 heterocycles. The van der Waals surface area contributed by atoms with Crippen LogP contribution in [0.25, 0.3) is 11.3 Å². The lowest BCUT2D eigenvalue weighted by molar-refractivity contribution is -0.154. The van der Waals surface area contributed by atoms with Gasteiger partial charge in [0.25, 0.3) is 0 Å². The van der Waals surface area contributed by atoms with Crippen molar-refractivity contribution in [2.24, 2.45) is 0 Å². The first kappa shape index (κ1) is 16.2. The third-order valence-corrected chi connectivity index (χ3v) is 3.05. The fourth-order valence-electron chi connectivity index (χ4n) is 1.71. The number of aromatic carboxylic acids is 1. The van der Waals surface area contributed by atoms with Gasteiger partial charge in [-0.25, -0.2) is 9.78 Å². The standard InChI is InChI=1S/C14H11F3NO3P/c15-14(16,17)7-21-11-6-5-10(13(19)20)12(18-11)8-1-3-9(22)4-2-8/h1-6H,7,22H2,(H,19,20). The first-order valence-electron chi connectivity index (χ1n) is 6.06. The molecular formula is C14H11F3NO3P. The molecule has 0 aliphatic carbocycles. The lowest BCUT2D eigenvalue weighted by atomic mass is 10.1. The second kappa shape index (κ2) is 6.32. The highest BCUT2D eigenvalue weighted by atomic mass is 31.0. The van der Waals surface area contributed by atoms with Gasteiger partial charge in [0.15, 0.2) is 6.61 Å². The van der Waals surface area contributed by atoms with Crippen LogP contribution < -0.4 is 10.0 Å². The van der Waals surface area contributed by atoms with E-state index in [9.17, 15) is 18.0 Å². The fourth-order valence-corrected chi connectivity index (χ4v) is 1.90. The molecule has 1 aromatic heterocycles. The average Bonchev–Trinajstić information content (AvgIpc) is 2.45. The minimum atomic E-state index is -4.49. The molecule has 1 N–H and O–H groups in total. The zero-order chi connectivity index (χ0) is 16.3. The number of carboxylic acids is 1. The summed E-state index contributed by atoms with van der Waals surface area (Å²) in [6.45, 7) is -1.49. The highest BCUT2D eigenvalue weighted by Gasteiger charge is 2.29. The largest absolute Gasteiger partial charge is 0.478 e. The normalized spacial score (nSPS) is 11.3. The molecule has 1 atom stereocenters. The quantitative estimate of drug-likeness (QED) is 0.877. The molecule has 0 saturated carbocycles. The average molecular weight is 329 g/mol. The van der Waals surface area contributed by atoms with E-state index < -0.39 is 18.8 Å². The molecule has 0 bridgehead atoms. The summed E-state index contributed by atoms with van der Waals surface area (Å²) >= 11 is 0. The van der Waals surface area contributed by atoms with Crippen LogP contribution in [0.4, 0.5) is 13.2 Å². The Kier molecular flexibility index (Phi) is 4.66. The molecule has 4 nitrogen and oxygen atoms in total. The fraction of sp³-hybridized carbons (Fsp3) is 0.143. The molecule has 1 aromatic carbocycles. The van der Waals surface area contributed by atoms with Crippen LogP contribution in [-0.2, 0) is 0 Å². The zero-order valence-corrected chi connectivity index (χ0v) is 12.2. The second-order valence-corrected chi connectivity index (χ2v) is 5.04. The van der Waals surface area contributed by atoms with Crippen LogP contribution in [0.5, 0.6) is 5.88 Å². The Morgan fingerprint density at radius 1 is 1.18 bits per heavy atom. The van der Waals surface area contributed by atoms with Crippen LogP contribution in [0.15, 0.2) is 36.4 Å². The SMILES string of the molecule is O=C(O)c1ccc(OCC(F)(F)F)nc1-c1ccc(P)cc1. The Morgan fingerprint density at radius 3 is 2.36 bits per heavy atom. The van der Waals surface area contributed by atoms with Gasteiger partial charge in [-0.3, -0.25) is 0 Å². The molecule has 8 heteroatoms. The number of rotatable bonds is 4. The van der Waals surface area contributed by atoms with E-state index in [1.54, 1.807) is 24.3 Å². The van der Waals surface area contributed by atoms with E-state index in [-0.39, 0.29) is 17.1 Å². The van der Waals surface area contributed by atoms with Crippen LogP contribution in [0.2, 0.25) is 0 Å². The summed E-state index contributed by atoms with van der Waals surface area (Å²) in [7, 11) is 2.47. The maximum Gasteiger partial charge on any atom is 0.422 e. The number of alkyl halides is 3. The molecule has 0 aliphatic heterocycles. The highest BCUT2D eigenvalue weighted by molar-refractivity contribution is 7.27. The zero-order valence-electron chi connectivity index (χ0n) is 11.1. The third kappa shape index (κ3) is 4.18. The summed E-state index contributed by atoms with van der Waals surface area (Å²) in [6.07, 6.45) is -4.49. The molecule has 2 aromatic rings.